The molecule has 0 spiro atoms. The van der Waals surface area contributed by atoms with Gasteiger partial charge in [-0.25, -0.2) is 0 Å². The van der Waals surface area contributed by atoms with Crippen molar-refractivity contribution in [3.05, 3.63) is 35.4 Å². The van der Waals surface area contributed by atoms with Crippen molar-refractivity contribution in [2.24, 2.45) is 11.8 Å². The maximum absolute atomic E-state index is 12.2. The van der Waals surface area contributed by atoms with Crippen molar-refractivity contribution in [3.8, 4) is 0 Å². The Morgan fingerprint density at radius 1 is 1.19 bits per heavy atom. The summed E-state index contributed by atoms with van der Waals surface area (Å²) in [6, 6.07) is 8.00. The lowest BCUT2D eigenvalue weighted by molar-refractivity contribution is -0.134. The maximum atomic E-state index is 12.2. The summed E-state index contributed by atoms with van der Waals surface area (Å²) in [4.78, 5) is 26.1. The molecular weight excluding hydrogens is 264 g/mol. The molecule has 2 rings (SSSR count). The van der Waals surface area contributed by atoms with Crippen LogP contribution >= 0.6 is 0 Å². The van der Waals surface area contributed by atoms with Gasteiger partial charge in [0, 0.05) is 19.6 Å². The number of hydrogen-bond acceptors (Lipinski definition) is 2. The summed E-state index contributed by atoms with van der Waals surface area (Å²) < 4.78 is 0. The first-order valence-electron chi connectivity index (χ1n) is 7.69. The Morgan fingerprint density at radius 3 is 2.48 bits per heavy atom. The number of hydrogen-bond donors (Lipinski definition) is 1. The van der Waals surface area contributed by atoms with Crippen LogP contribution in [0, 0.1) is 18.8 Å². The second-order valence-electron chi connectivity index (χ2n) is 5.60. The minimum absolute atomic E-state index is 0.00348. The van der Waals surface area contributed by atoms with E-state index < -0.39 is 0 Å². The second-order valence-corrected chi connectivity index (χ2v) is 5.60. The Bertz CT molecular complexity index is 523. The molecule has 1 saturated carbocycles. The summed E-state index contributed by atoms with van der Waals surface area (Å²) in [5, 5.41) is 2.95. The molecule has 1 aliphatic rings. The lowest BCUT2D eigenvalue weighted by atomic mass is 10.1. The summed E-state index contributed by atoms with van der Waals surface area (Å²) in [7, 11) is 0. The van der Waals surface area contributed by atoms with Gasteiger partial charge in [0.2, 0.25) is 11.8 Å². The van der Waals surface area contributed by atoms with Crippen LogP contribution in [0.2, 0.25) is 0 Å². The highest BCUT2D eigenvalue weighted by Gasteiger charge is 2.48. The number of nitrogens with zero attached hydrogens (tertiary/aromatic N) is 1. The van der Waals surface area contributed by atoms with E-state index in [2.05, 4.69) is 5.32 Å². The molecule has 0 aliphatic heterocycles. The molecule has 0 aromatic heterocycles. The van der Waals surface area contributed by atoms with Gasteiger partial charge in [-0.1, -0.05) is 24.3 Å². The molecule has 1 aliphatic carbocycles. The number of benzene rings is 1. The fourth-order valence-electron chi connectivity index (χ4n) is 2.65. The SMILES string of the molecule is CCN(CC)C(=O)C1CC1C(=O)NCc1ccccc1C. The highest BCUT2D eigenvalue weighted by Crippen LogP contribution is 2.40. The molecule has 2 atom stereocenters. The summed E-state index contributed by atoms with van der Waals surface area (Å²) in [6.07, 6.45) is 0.689. The number of carbonyl (C=O) groups is 2. The van der Waals surface area contributed by atoms with Gasteiger partial charge in [0.25, 0.3) is 0 Å². The van der Waals surface area contributed by atoms with E-state index in [1.807, 2.05) is 45.0 Å². The van der Waals surface area contributed by atoms with Crippen molar-refractivity contribution in [1.29, 1.82) is 0 Å². The Morgan fingerprint density at radius 2 is 1.86 bits per heavy atom. The van der Waals surface area contributed by atoms with Crippen LogP contribution < -0.4 is 5.32 Å². The van der Waals surface area contributed by atoms with Gasteiger partial charge in [-0.3, -0.25) is 9.59 Å². The topological polar surface area (TPSA) is 49.4 Å². The van der Waals surface area contributed by atoms with Crippen molar-refractivity contribution in [1.82, 2.24) is 10.2 Å². The van der Waals surface area contributed by atoms with Crippen LogP contribution in [0.4, 0.5) is 0 Å². The third kappa shape index (κ3) is 3.63. The Labute approximate surface area is 126 Å². The van der Waals surface area contributed by atoms with Crippen molar-refractivity contribution >= 4 is 11.8 Å². The van der Waals surface area contributed by atoms with E-state index in [0.717, 1.165) is 5.56 Å². The quantitative estimate of drug-likeness (QED) is 0.871. The van der Waals surface area contributed by atoms with Crippen LogP contribution in [-0.4, -0.2) is 29.8 Å². The van der Waals surface area contributed by atoms with Gasteiger partial charge in [-0.2, -0.15) is 0 Å². The zero-order chi connectivity index (χ0) is 15.4. The fourth-order valence-corrected chi connectivity index (χ4v) is 2.65. The molecule has 0 heterocycles. The molecule has 4 heteroatoms. The number of rotatable bonds is 6. The molecule has 0 radical (unpaired) electrons. The Balaban J connectivity index is 1.84. The van der Waals surface area contributed by atoms with E-state index in [9.17, 15) is 9.59 Å². The molecule has 1 fully saturated rings. The minimum atomic E-state index is -0.137. The first-order valence-corrected chi connectivity index (χ1v) is 7.69. The molecule has 0 saturated heterocycles. The van der Waals surface area contributed by atoms with Gasteiger partial charge in [-0.05, 0) is 38.3 Å². The molecule has 4 nitrogen and oxygen atoms in total. The smallest absolute Gasteiger partial charge is 0.226 e. The Hall–Kier alpha value is -1.84. The second kappa shape index (κ2) is 6.74. The average Bonchev–Trinajstić information content (AvgIpc) is 3.28. The van der Waals surface area contributed by atoms with Crippen LogP contribution in [0.3, 0.4) is 0 Å². The number of carbonyl (C=O) groups excluding carboxylic acids is 2. The van der Waals surface area contributed by atoms with Crippen molar-refractivity contribution in [2.75, 3.05) is 13.1 Å². The fraction of sp³-hybridized carbons (Fsp3) is 0.529. The highest BCUT2D eigenvalue weighted by molar-refractivity contribution is 5.92. The van der Waals surface area contributed by atoms with Crippen LogP contribution in [0.5, 0.6) is 0 Å². The summed E-state index contributed by atoms with van der Waals surface area (Å²) in [5.74, 6) is -0.122. The first kappa shape index (κ1) is 15.5. The zero-order valence-corrected chi connectivity index (χ0v) is 13.1. The number of nitrogens with one attached hydrogen (secondary N) is 1. The van der Waals surface area contributed by atoms with Gasteiger partial charge in [0.05, 0.1) is 11.8 Å². The van der Waals surface area contributed by atoms with E-state index >= 15 is 0 Å². The van der Waals surface area contributed by atoms with Gasteiger partial charge >= 0.3 is 0 Å². The maximum Gasteiger partial charge on any atom is 0.226 e. The van der Waals surface area contributed by atoms with Gasteiger partial charge in [0.1, 0.15) is 0 Å². The predicted molar refractivity (Wildman–Crippen MR) is 82.6 cm³/mol. The molecule has 1 aromatic rings. The average molecular weight is 288 g/mol. The van der Waals surface area contributed by atoms with Gasteiger partial charge in [-0.15, -0.1) is 0 Å². The number of amides is 2. The van der Waals surface area contributed by atoms with E-state index in [-0.39, 0.29) is 23.7 Å². The van der Waals surface area contributed by atoms with Crippen molar-refractivity contribution < 1.29 is 9.59 Å². The largest absolute Gasteiger partial charge is 0.352 e. The molecule has 2 amide bonds. The summed E-state index contributed by atoms with van der Waals surface area (Å²) in [6.45, 7) is 7.93. The monoisotopic (exact) mass is 288 g/mol. The highest BCUT2D eigenvalue weighted by atomic mass is 16.2. The van der Waals surface area contributed by atoms with E-state index in [1.165, 1.54) is 5.56 Å². The van der Waals surface area contributed by atoms with Gasteiger partial charge < -0.3 is 10.2 Å². The van der Waals surface area contributed by atoms with Crippen LogP contribution in [0.15, 0.2) is 24.3 Å². The molecule has 0 bridgehead atoms. The van der Waals surface area contributed by atoms with E-state index in [4.69, 9.17) is 0 Å². The first-order chi connectivity index (χ1) is 10.1. The van der Waals surface area contributed by atoms with Crippen molar-refractivity contribution in [3.63, 3.8) is 0 Å². The standard InChI is InChI=1S/C17H24N2O2/c1-4-19(5-2)17(21)15-10-14(15)16(20)18-11-13-9-7-6-8-12(13)3/h6-9,14-15H,4-5,10-11H2,1-3H3,(H,18,20). The van der Waals surface area contributed by atoms with Crippen LogP contribution in [0.1, 0.15) is 31.4 Å². The molecular formula is C17H24N2O2. The van der Waals surface area contributed by atoms with Gasteiger partial charge in [0.15, 0.2) is 0 Å². The lowest BCUT2D eigenvalue weighted by Crippen LogP contribution is -2.34. The zero-order valence-electron chi connectivity index (χ0n) is 13.1. The van der Waals surface area contributed by atoms with E-state index in [1.54, 1.807) is 4.90 Å². The lowest BCUT2D eigenvalue weighted by Gasteiger charge is -2.18. The molecule has 114 valence electrons. The molecule has 2 unspecified atom stereocenters. The summed E-state index contributed by atoms with van der Waals surface area (Å²) >= 11 is 0. The normalized spacial score (nSPS) is 20.0. The van der Waals surface area contributed by atoms with Crippen molar-refractivity contribution in [2.45, 2.75) is 33.7 Å². The van der Waals surface area contributed by atoms with E-state index in [0.29, 0.717) is 26.1 Å². The molecule has 1 aromatic carbocycles. The number of aryl methyl sites for hydroxylation is 1. The third-order valence-corrected chi connectivity index (χ3v) is 4.23. The van der Waals surface area contributed by atoms with Crippen LogP contribution in [0.25, 0.3) is 0 Å². The molecule has 1 N–H and O–H groups in total. The third-order valence-electron chi connectivity index (χ3n) is 4.23. The summed E-state index contributed by atoms with van der Waals surface area (Å²) in [5.41, 5.74) is 2.29. The minimum Gasteiger partial charge on any atom is -0.352 e. The van der Waals surface area contributed by atoms with Crippen LogP contribution in [-0.2, 0) is 16.1 Å². The molecule has 21 heavy (non-hydrogen) atoms. The Kier molecular flexibility index (Phi) is 4.99. The predicted octanol–water partition coefficient (Wildman–Crippen LogP) is 2.12.